The van der Waals surface area contributed by atoms with Crippen LogP contribution < -0.4 is 10.2 Å². The van der Waals surface area contributed by atoms with Gasteiger partial charge in [-0.05, 0) is 63.7 Å². The maximum atomic E-state index is 12.6. The Kier molecular flexibility index (Phi) is 8.76. The van der Waals surface area contributed by atoms with E-state index in [0.717, 1.165) is 16.8 Å². The number of carbonyl (C=O) groups is 1. The number of benzene rings is 3. The van der Waals surface area contributed by atoms with Crippen molar-refractivity contribution >= 4 is 39.8 Å². The predicted molar refractivity (Wildman–Crippen MR) is 159 cm³/mol. The third-order valence-electron chi connectivity index (χ3n) is 5.94. The maximum Gasteiger partial charge on any atom is 0.250 e. The van der Waals surface area contributed by atoms with Gasteiger partial charge in [-0.2, -0.15) is 5.10 Å². The van der Waals surface area contributed by atoms with Crippen LogP contribution in [0.2, 0.25) is 0 Å². The van der Waals surface area contributed by atoms with Crippen LogP contribution in [0.25, 0.3) is 17.1 Å². The van der Waals surface area contributed by atoms with Gasteiger partial charge in [0.1, 0.15) is 0 Å². The van der Waals surface area contributed by atoms with Crippen molar-refractivity contribution in [2.75, 3.05) is 12.9 Å². The lowest BCUT2D eigenvalue weighted by atomic mass is 9.87. The molecule has 2 N–H and O–H groups in total. The summed E-state index contributed by atoms with van der Waals surface area (Å²) in [5.74, 6) is 0.791. The third-order valence-corrected chi connectivity index (χ3v) is 7.47. The summed E-state index contributed by atoms with van der Waals surface area (Å²) in [7, 11) is 1.46. The normalized spacial score (nSPS) is 11.6. The highest BCUT2D eigenvalue weighted by Crippen LogP contribution is 2.35. The first-order valence-corrected chi connectivity index (χ1v) is 14.0. The zero-order valence-electron chi connectivity index (χ0n) is 22.4. The molecule has 3 aromatic carbocycles. The molecular weight excluding hydrogens is 578 g/mol. The van der Waals surface area contributed by atoms with Gasteiger partial charge in [0.2, 0.25) is 0 Å². The molecular formula is C29H30BrN5O3S. The van der Waals surface area contributed by atoms with Gasteiger partial charge in [0.25, 0.3) is 5.91 Å². The molecule has 0 spiro atoms. The Bertz CT molecular complexity index is 1490. The quantitative estimate of drug-likeness (QED) is 0.139. The summed E-state index contributed by atoms with van der Waals surface area (Å²) in [6.07, 6.45) is 1.48. The minimum Gasteiger partial charge on any atom is -0.503 e. The van der Waals surface area contributed by atoms with Crippen LogP contribution in [0.5, 0.6) is 11.5 Å². The predicted octanol–water partition coefficient (Wildman–Crippen LogP) is 6.26. The number of phenols is 1. The summed E-state index contributed by atoms with van der Waals surface area (Å²) in [4.78, 5) is 12.6. The molecule has 202 valence electrons. The molecule has 1 aromatic heterocycles. The van der Waals surface area contributed by atoms with E-state index in [1.165, 1.54) is 30.6 Å². The van der Waals surface area contributed by atoms with Crippen molar-refractivity contribution in [3.63, 3.8) is 0 Å². The molecule has 0 bridgehead atoms. The molecule has 0 aliphatic heterocycles. The van der Waals surface area contributed by atoms with Crippen molar-refractivity contribution in [2.45, 2.75) is 38.3 Å². The van der Waals surface area contributed by atoms with E-state index in [2.05, 4.69) is 81.7 Å². The monoisotopic (exact) mass is 607 g/mol. The van der Waals surface area contributed by atoms with E-state index in [1.54, 1.807) is 12.1 Å². The lowest BCUT2D eigenvalue weighted by Crippen LogP contribution is -2.20. The highest BCUT2D eigenvalue weighted by molar-refractivity contribution is 9.10. The van der Waals surface area contributed by atoms with E-state index in [-0.39, 0.29) is 22.8 Å². The first-order valence-electron chi connectivity index (χ1n) is 12.2. The van der Waals surface area contributed by atoms with Gasteiger partial charge in [-0.3, -0.25) is 9.36 Å². The fourth-order valence-corrected chi connectivity index (χ4v) is 4.97. The summed E-state index contributed by atoms with van der Waals surface area (Å²) in [5.41, 5.74) is 7.45. The Balaban J connectivity index is 1.52. The lowest BCUT2D eigenvalue weighted by molar-refractivity contribution is -0.118. The van der Waals surface area contributed by atoms with Crippen LogP contribution in [-0.4, -0.2) is 44.9 Å². The van der Waals surface area contributed by atoms with Crippen LogP contribution in [0, 0.1) is 6.92 Å². The Morgan fingerprint density at radius 3 is 2.46 bits per heavy atom. The third kappa shape index (κ3) is 6.88. The van der Waals surface area contributed by atoms with Gasteiger partial charge >= 0.3 is 0 Å². The topological polar surface area (TPSA) is 102 Å². The number of hydrogen-bond donors (Lipinski definition) is 2. The van der Waals surface area contributed by atoms with E-state index >= 15 is 0 Å². The molecule has 0 saturated heterocycles. The number of aryl methyl sites for hydroxylation is 1. The molecule has 4 rings (SSSR count). The van der Waals surface area contributed by atoms with E-state index in [9.17, 15) is 9.90 Å². The molecule has 0 radical (unpaired) electrons. The highest BCUT2D eigenvalue weighted by Gasteiger charge is 2.19. The molecule has 0 aliphatic carbocycles. The summed E-state index contributed by atoms with van der Waals surface area (Å²) in [6, 6.07) is 19.7. The summed E-state index contributed by atoms with van der Waals surface area (Å²) < 4.78 is 7.57. The zero-order chi connectivity index (χ0) is 28.2. The number of nitrogens with one attached hydrogen (secondary N) is 1. The molecule has 0 unspecified atom stereocenters. The molecule has 0 fully saturated rings. The van der Waals surface area contributed by atoms with Crippen LogP contribution in [0.3, 0.4) is 0 Å². The molecule has 1 heterocycles. The summed E-state index contributed by atoms with van der Waals surface area (Å²) in [6.45, 7) is 8.58. The van der Waals surface area contributed by atoms with Gasteiger partial charge in [0.05, 0.1) is 23.5 Å². The number of phenolic OH excluding ortho intramolecular Hbond substituents is 1. The van der Waals surface area contributed by atoms with Crippen LogP contribution in [0.1, 0.15) is 37.5 Å². The summed E-state index contributed by atoms with van der Waals surface area (Å²) >= 11 is 4.55. The number of amides is 1. The number of aromatic nitrogens is 3. The van der Waals surface area contributed by atoms with Gasteiger partial charge in [-0.15, -0.1) is 10.2 Å². The minimum absolute atomic E-state index is 0.00251. The number of thioether (sulfide) groups is 1. The van der Waals surface area contributed by atoms with E-state index in [1.807, 2.05) is 35.8 Å². The second-order valence-electron chi connectivity index (χ2n) is 9.94. The number of hydrogen-bond acceptors (Lipinski definition) is 7. The number of nitrogens with zero attached hydrogens (tertiary/aromatic N) is 4. The average molecular weight is 609 g/mol. The van der Waals surface area contributed by atoms with Gasteiger partial charge in [0, 0.05) is 11.3 Å². The minimum atomic E-state index is -0.296. The van der Waals surface area contributed by atoms with E-state index < -0.39 is 0 Å². The molecule has 4 aromatic rings. The molecule has 0 saturated carbocycles. The maximum absolute atomic E-state index is 12.6. The van der Waals surface area contributed by atoms with Crippen LogP contribution in [-0.2, 0) is 10.2 Å². The smallest absolute Gasteiger partial charge is 0.250 e. The molecule has 1 amide bonds. The van der Waals surface area contributed by atoms with Gasteiger partial charge in [-0.25, -0.2) is 5.43 Å². The Hall–Kier alpha value is -3.63. The second-order valence-corrected chi connectivity index (χ2v) is 11.7. The van der Waals surface area contributed by atoms with Crippen molar-refractivity contribution < 1.29 is 14.6 Å². The first-order chi connectivity index (χ1) is 18.6. The second kappa shape index (κ2) is 12.0. The number of ether oxygens (including phenoxy) is 1. The Morgan fingerprint density at radius 1 is 1.13 bits per heavy atom. The molecule has 0 aliphatic rings. The van der Waals surface area contributed by atoms with Crippen molar-refractivity contribution in [3.8, 4) is 28.6 Å². The fourth-order valence-electron chi connectivity index (χ4n) is 3.76. The molecule has 10 heteroatoms. The lowest BCUT2D eigenvalue weighted by Gasteiger charge is -2.19. The molecule has 0 atom stereocenters. The standard InChI is InChI=1S/C29H30BrN5O3S/c1-18-6-12-22(13-7-18)35-27(20-8-10-21(11-9-20)29(2,3)4)33-34-28(35)39-17-25(36)32-31-16-19-14-23(30)26(37)24(15-19)38-5/h6-16,37H,17H2,1-5H3,(H,32,36)/b31-16+. The van der Waals surface area contributed by atoms with Gasteiger partial charge < -0.3 is 9.84 Å². The fraction of sp³-hybridized carbons (Fsp3) is 0.241. The van der Waals surface area contributed by atoms with Crippen LogP contribution >= 0.6 is 27.7 Å². The summed E-state index contributed by atoms with van der Waals surface area (Å²) in [5, 5.41) is 23.5. The first kappa shape index (κ1) is 28.4. The largest absolute Gasteiger partial charge is 0.503 e. The average Bonchev–Trinajstić information content (AvgIpc) is 3.33. The van der Waals surface area contributed by atoms with Crippen LogP contribution in [0.15, 0.2) is 75.4 Å². The van der Waals surface area contributed by atoms with E-state index in [0.29, 0.717) is 26.8 Å². The van der Waals surface area contributed by atoms with Gasteiger partial charge in [0.15, 0.2) is 22.5 Å². The number of rotatable bonds is 8. The van der Waals surface area contributed by atoms with Crippen LogP contribution in [0.4, 0.5) is 0 Å². The Morgan fingerprint density at radius 2 is 1.82 bits per heavy atom. The zero-order valence-corrected chi connectivity index (χ0v) is 24.8. The van der Waals surface area contributed by atoms with Crippen molar-refractivity contribution in [1.82, 2.24) is 20.2 Å². The highest BCUT2D eigenvalue weighted by atomic mass is 79.9. The SMILES string of the molecule is COc1cc(/C=N/NC(=O)CSc2nnc(-c3ccc(C(C)(C)C)cc3)n2-c2ccc(C)cc2)cc(Br)c1O. The van der Waals surface area contributed by atoms with Gasteiger partial charge in [-0.1, -0.05) is 74.5 Å². The number of carbonyl (C=O) groups excluding carboxylic acids is 1. The number of aromatic hydroxyl groups is 1. The van der Waals surface area contributed by atoms with Crippen molar-refractivity contribution in [2.24, 2.45) is 5.10 Å². The van der Waals surface area contributed by atoms with Crippen molar-refractivity contribution in [1.29, 1.82) is 0 Å². The number of halogens is 1. The number of hydrazone groups is 1. The number of methoxy groups -OCH3 is 1. The molecule has 39 heavy (non-hydrogen) atoms. The molecule has 8 nitrogen and oxygen atoms in total. The van der Waals surface area contributed by atoms with E-state index in [4.69, 9.17) is 4.74 Å². The Labute approximate surface area is 240 Å². The van der Waals surface area contributed by atoms with Crippen molar-refractivity contribution in [3.05, 3.63) is 81.8 Å².